The molecule has 0 spiro atoms. The minimum atomic E-state index is 0.768. The molecule has 0 aliphatic carbocycles. The summed E-state index contributed by atoms with van der Waals surface area (Å²) in [4.78, 5) is 2.23. The molecule has 0 unspecified atom stereocenters. The van der Waals surface area contributed by atoms with Crippen LogP contribution in [0.15, 0.2) is 41.0 Å². The van der Waals surface area contributed by atoms with E-state index in [-0.39, 0.29) is 0 Å². The van der Waals surface area contributed by atoms with E-state index in [1.807, 2.05) is 13.1 Å². The summed E-state index contributed by atoms with van der Waals surface area (Å²) in [6, 6.07) is 10.6. The van der Waals surface area contributed by atoms with E-state index in [0.29, 0.717) is 0 Å². The fourth-order valence-corrected chi connectivity index (χ4v) is 2.04. The van der Waals surface area contributed by atoms with Crippen molar-refractivity contribution in [3.8, 4) is 0 Å². The van der Waals surface area contributed by atoms with Gasteiger partial charge in [0.25, 0.3) is 0 Å². The Morgan fingerprint density at radius 2 is 2.11 bits per heavy atom. The summed E-state index contributed by atoms with van der Waals surface area (Å²) in [5.41, 5.74) is 3.74. The highest BCUT2D eigenvalue weighted by atomic mass is 16.3. The van der Waals surface area contributed by atoms with Crippen molar-refractivity contribution in [2.24, 2.45) is 0 Å². The lowest BCUT2D eigenvalue weighted by Gasteiger charge is -2.19. The number of furan rings is 1. The van der Waals surface area contributed by atoms with Crippen LogP contribution in [0.4, 0.5) is 5.69 Å². The molecule has 0 amide bonds. The van der Waals surface area contributed by atoms with E-state index >= 15 is 0 Å². The lowest BCUT2D eigenvalue weighted by atomic mass is 10.2. The van der Waals surface area contributed by atoms with Gasteiger partial charge in [-0.05, 0) is 37.7 Å². The Hall–Kier alpha value is -1.74. The molecule has 1 aromatic carbocycles. The molecule has 18 heavy (non-hydrogen) atoms. The molecule has 0 aliphatic heterocycles. The first kappa shape index (κ1) is 12.7. The number of anilines is 1. The van der Waals surface area contributed by atoms with Gasteiger partial charge in [0, 0.05) is 24.8 Å². The van der Waals surface area contributed by atoms with Crippen molar-refractivity contribution in [3.63, 3.8) is 0 Å². The Balaban J connectivity index is 2.11. The number of rotatable bonds is 5. The van der Waals surface area contributed by atoms with Gasteiger partial charge >= 0.3 is 0 Å². The molecule has 3 nitrogen and oxygen atoms in total. The predicted octanol–water partition coefficient (Wildman–Crippen LogP) is 2.94. The summed E-state index contributed by atoms with van der Waals surface area (Å²) < 4.78 is 5.48. The number of aryl methyl sites for hydroxylation is 1. The van der Waals surface area contributed by atoms with E-state index in [4.69, 9.17) is 4.42 Å². The maximum Gasteiger partial charge on any atom is 0.122 e. The van der Waals surface area contributed by atoms with Crippen LogP contribution in [0.2, 0.25) is 0 Å². The lowest BCUT2D eigenvalue weighted by Crippen LogP contribution is -2.17. The number of nitrogens with zero attached hydrogens (tertiary/aromatic N) is 1. The number of nitrogens with one attached hydrogen (secondary N) is 1. The van der Waals surface area contributed by atoms with Crippen LogP contribution in [0.1, 0.15) is 16.9 Å². The summed E-state index contributed by atoms with van der Waals surface area (Å²) in [5.74, 6) is 1.01. The van der Waals surface area contributed by atoms with Crippen LogP contribution in [-0.2, 0) is 13.1 Å². The molecular weight excluding hydrogens is 224 g/mol. The predicted molar refractivity (Wildman–Crippen MR) is 74.8 cm³/mol. The van der Waals surface area contributed by atoms with Crippen LogP contribution in [0.25, 0.3) is 0 Å². The summed E-state index contributed by atoms with van der Waals surface area (Å²) >= 11 is 0. The smallest absolute Gasteiger partial charge is 0.122 e. The van der Waals surface area contributed by atoms with Gasteiger partial charge in [-0.1, -0.05) is 12.1 Å². The molecule has 2 aromatic rings. The van der Waals surface area contributed by atoms with Crippen LogP contribution in [-0.4, -0.2) is 14.1 Å². The van der Waals surface area contributed by atoms with Crippen molar-refractivity contribution in [1.29, 1.82) is 0 Å². The van der Waals surface area contributed by atoms with Gasteiger partial charge in [0.2, 0.25) is 0 Å². The third kappa shape index (κ3) is 2.93. The third-order valence-corrected chi connectivity index (χ3v) is 3.02. The van der Waals surface area contributed by atoms with Crippen molar-refractivity contribution in [1.82, 2.24) is 5.32 Å². The summed E-state index contributed by atoms with van der Waals surface area (Å²) in [7, 11) is 4.03. The zero-order chi connectivity index (χ0) is 13.0. The molecule has 1 N–H and O–H groups in total. The normalized spacial score (nSPS) is 10.6. The van der Waals surface area contributed by atoms with E-state index in [2.05, 4.69) is 48.5 Å². The second kappa shape index (κ2) is 5.74. The van der Waals surface area contributed by atoms with Crippen LogP contribution in [0, 0.1) is 6.92 Å². The maximum atomic E-state index is 5.48. The van der Waals surface area contributed by atoms with Gasteiger partial charge in [0.15, 0.2) is 0 Å². The summed E-state index contributed by atoms with van der Waals surface area (Å²) in [6.07, 6.45) is 1.76. The van der Waals surface area contributed by atoms with Crippen LogP contribution < -0.4 is 10.2 Å². The molecular formula is C15H20N2O. The molecule has 0 atom stereocenters. The minimum Gasteiger partial charge on any atom is -0.468 e. The van der Waals surface area contributed by atoms with Crippen molar-refractivity contribution < 1.29 is 4.42 Å². The van der Waals surface area contributed by atoms with Gasteiger partial charge in [-0.25, -0.2) is 0 Å². The van der Waals surface area contributed by atoms with E-state index in [1.54, 1.807) is 6.26 Å². The van der Waals surface area contributed by atoms with Crippen molar-refractivity contribution in [2.45, 2.75) is 20.0 Å². The highest BCUT2D eigenvalue weighted by Gasteiger charge is 2.08. The molecule has 0 radical (unpaired) electrons. The number of hydrogen-bond donors (Lipinski definition) is 1. The largest absolute Gasteiger partial charge is 0.468 e. The molecule has 96 valence electrons. The van der Waals surface area contributed by atoms with E-state index in [9.17, 15) is 0 Å². The van der Waals surface area contributed by atoms with Gasteiger partial charge in [0.1, 0.15) is 5.76 Å². The van der Waals surface area contributed by atoms with Gasteiger partial charge < -0.3 is 14.6 Å². The third-order valence-electron chi connectivity index (χ3n) is 3.02. The molecule has 0 fully saturated rings. The number of hydrogen-bond acceptors (Lipinski definition) is 3. The van der Waals surface area contributed by atoms with Crippen molar-refractivity contribution >= 4 is 5.69 Å². The van der Waals surface area contributed by atoms with Gasteiger partial charge in [-0.3, -0.25) is 0 Å². The maximum absolute atomic E-state index is 5.48. The molecule has 2 rings (SSSR count). The lowest BCUT2D eigenvalue weighted by molar-refractivity contribution is 0.490. The van der Waals surface area contributed by atoms with E-state index < -0.39 is 0 Å². The minimum absolute atomic E-state index is 0.768. The first-order chi connectivity index (χ1) is 8.70. The van der Waals surface area contributed by atoms with Crippen LogP contribution in [0.3, 0.4) is 0 Å². The average Bonchev–Trinajstić information content (AvgIpc) is 2.77. The first-order valence-corrected chi connectivity index (χ1v) is 6.18. The van der Waals surface area contributed by atoms with Crippen molar-refractivity contribution in [2.75, 3.05) is 19.0 Å². The molecule has 1 aromatic heterocycles. The summed E-state index contributed by atoms with van der Waals surface area (Å²) in [5, 5.41) is 3.12. The Bertz CT molecular complexity index is 505. The Morgan fingerprint density at radius 1 is 1.28 bits per heavy atom. The Labute approximate surface area is 108 Å². The quantitative estimate of drug-likeness (QED) is 0.876. The van der Waals surface area contributed by atoms with Gasteiger partial charge in [0.05, 0.1) is 12.8 Å². The molecule has 0 bridgehead atoms. The fraction of sp³-hybridized carbons (Fsp3) is 0.333. The Morgan fingerprint density at radius 3 is 2.83 bits per heavy atom. The highest BCUT2D eigenvalue weighted by molar-refractivity contribution is 5.48. The van der Waals surface area contributed by atoms with Gasteiger partial charge in [-0.2, -0.15) is 0 Å². The molecule has 0 saturated heterocycles. The van der Waals surface area contributed by atoms with E-state index in [1.165, 1.54) is 16.8 Å². The zero-order valence-electron chi connectivity index (χ0n) is 11.2. The topological polar surface area (TPSA) is 28.4 Å². The van der Waals surface area contributed by atoms with Crippen LogP contribution >= 0.6 is 0 Å². The van der Waals surface area contributed by atoms with Gasteiger partial charge in [-0.15, -0.1) is 0 Å². The molecule has 0 aliphatic rings. The molecule has 1 heterocycles. The van der Waals surface area contributed by atoms with Crippen molar-refractivity contribution in [3.05, 3.63) is 53.5 Å². The zero-order valence-corrected chi connectivity index (χ0v) is 11.2. The van der Waals surface area contributed by atoms with E-state index in [0.717, 1.165) is 18.8 Å². The number of benzene rings is 1. The Kier molecular flexibility index (Phi) is 4.05. The second-order valence-electron chi connectivity index (χ2n) is 4.59. The molecule has 3 heteroatoms. The summed E-state index contributed by atoms with van der Waals surface area (Å²) in [6.45, 7) is 3.74. The first-order valence-electron chi connectivity index (χ1n) is 6.18. The van der Waals surface area contributed by atoms with Crippen LogP contribution in [0.5, 0.6) is 0 Å². The standard InChI is InChI=1S/C15H20N2O/c1-12-5-4-6-14(9-12)17(3)11-13-7-8-18-15(13)10-16-2/h4-9,16H,10-11H2,1-3H3. The monoisotopic (exact) mass is 244 g/mol. The fourth-order valence-electron chi connectivity index (χ4n) is 2.04. The highest BCUT2D eigenvalue weighted by Crippen LogP contribution is 2.19. The molecule has 0 saturated carbocycles. The average molecular weight is 244 g/mol. The second-order valence-corrected chi connectivity index (χ2v) is 4.59. The SMILES string of the molecule is CNCc1occc1CN(C)c1cccc(C)c1.